The number of amides is 1. The van der Waals surface area contributed by atoms with Gasteiger partial charge in [-0.25, -0.2) is 9.78 Å². The highest BCUT2D eigenvalue weighted by Gasteiger charge is 2.26. The van der Waals surface area contributed by atoms with Gasteiger partial charge in [0.2, 0.25) is 0 Å². The monoisotopic (exact) mass is 323 g/mol. The molecule has 1 atom stereocenters. The van der Waals surface area contributed by atoms with Crippen molar-refractivity contribution in [2.24, 2.45) is 7.05 Å². The molecule has 6 heteroatoms. The predicted octanol–water partition coefficient (Wildman–Crippen LogP) is 2.22. The first-order valence-electron chi connectivity index (χ1n) is 7.44. The van der Waals surface area contributed by atoms with Crippen molar-refractivity contribution >= 4 is 22.6 Å². The Hall–Kier alpha value is -3.15. The van der Waals surface area contributed by atoms with Crippen molar-refractivity contribution in [2.45, 2.75) is 6.04 Å². The summed E-state index contributed by atoms with van der Waals surface area (Å²) >= 11 is 0. The van der Waals surface area contributed by atoms with Gasteiger partial charge in [-0.1, -0.05) is 30.3 Å². The lowest BCUT2D eigenvalue weighted by Gasteiger charge is -2.17. The summed E-state index contributed by atoms with van der Waals surface area (Å²) in [5, 5.41) is 4.72. The number of rotatable bonds is 4. The van der Waals surface area contributed by atoms with Crippen LogP contribution in [0.2, 0.25) is 0 Å². The normalized spacial score (nSPS) is 11.9. The van der Waals surface area contributed by atoms with Gasteiger partial charge in [-0.2, -0.15) is 0 Å². The van der Waals surface area contributed by atoms with Gasteiger partial charge in [-0.3, -0.25) is 4.79 Å². The summed E-state index contributed by atoms with van der Waals surface area (Å²) in [6, 6.07) is 12.3. The van der Waals surface area contributed by atoms with Crippen LogP contribution in [-0.2, 0) is 16.6 Å². The molecule has 3 rings (SSSR count). The zero-order valence-corrected chi connectivity index (χ0v) is 13.4. The molecule has 24 heavy (non-hydrogen) atoms. The van der Waals surface area contributed by atoms with Gasteiger partial charge in [-0.15, -0.1) is 0 Å². The van der Waals surface area contributed by atoms with E-state index in [1.54, 1.807) is 30.1 Å². The van der Waals surface area contributed by atoms with Crippen molar-refractivity contribution in [3.05, 3.63) is 66.2 Å². The molecular formula is C18H17N3O3. The number of ether oxygens (including phenoxy) is 1. The Balaban J connectivity index is 1.89. The molecule has 3 aromatic rings. The van der Waals surface area contributed by atoms with Crippen LogP contribution in [0, 0.1) is 0 Å². The topological polar surface area (TPSA) is 73.2 Å². The van der Waals surface area contributed by atoms with Crippen molar-refractivity contribution in [1.82, 2.24) is 14.9 Å². The molecule has 0 bridgehead atoms. The Kier molecular flexibility index (Phi) is 4.29. The molecule has 0 aliphatic rings. The third-order valence-corrected chi connectivity index (χ3v) is 3.87. The number of carbonyl (C=O) groups excluding carboxylic acids is 2. The van der Waals surface area contributed by atoms with Crippen LogP contribution in [-0.4, -0.2) is 28.5 Å². The first-order valence-corrected chi connectivity index (χ1v) is 7.44. The minimum Gasteiger partial charge on any atom is -0.467 e. The second-order valence-electron chi connectivity index (χ2n) is 5.42. The molecule has 1 heterocycles. The smallest absolute Gasteiger partial charge is 0.334 e. The number of nitrogens with one attached hydrogen (secondary N) is 1. The van der Waals surface area contributed by atoms with Gasteiger partial charge in [0.25, 0.3) is 5.91 Å². The maximum atomic E-state index is 12.6. The maximum absolute atomic E-state index is 12.6. The third-order valence-electron chi connectivity index (χ3n) is 3.87. The lowest BCUT2D eigenvalue weighted by Crippen LogP contribution is -2.35. The Morgan fingerprint density at radius 2 is 1.92 bits per heavy atom. The molecule has 1 N–H and O–H groups in total. The minimum absolute atomic E-state index is 0.350. The van der Waals surface area contributed by atoms with Crippen LogP contribution < -0.4 is 5.32 Å². The molecule has 122 valence electrons. The van der Waals surface area contributed by atoms with E-state index in [1.807, 2.05) is 30.3 Å². The summed E-state index contributed by atoms with van der Waals surface area (Å²) in [7, 11) is 3.04. The fourth-order valence-corrected chi connectivity index (χ4v) is 2.56. The second-order valence-corrected chi connectivity index (χ2v) is 5.42. The van der Waals surface area contributed by atoms with E-state index in [0.717, 1.165) is 10.8 Å². The van der Waals surface area contributed by atoms with E-state index in [1.165, 1.54) is 13.3 Å². The van der Waals surface area contributed by atoms with E-state index < -0.39 is 12.0 Å². The number of benzene rings is 2. The molecule has 0 aliphatic heterocycles. The van der Waals surface area contributed by atoms with Crippen LogP contribution in [0.5, 0.6) is 0 Å². The average molecular weight is 323 g/mol. The first-order chi connectivity index (χ1) is 11.6. The molecule has 0 unspecified atom stereocenters. The number of aryl methyl sites for hydroxylation is 1. The zero-order valence-electron chi connectivity index (χ0n) is 13.4. The average Bonchev–Trinajstić information content (AvgIpc) is 3.04. The lowest BCUT2D eigenvalue weighted by atomic mass is 10.1. The number of hydrogen-bond acceptors (Lipinski definition) is 4. The molecule has 0 saturated carbocycles. The van der Waals surface area contributed by atoms with Crippen LogP contribution in [0.15, 0.2) is 55.0 Å². The highest BCUT2D eigenvalue weighted by molar-refractivity contribution is 6.00. The van der Waals surface area contributed by atoms with Crippen LogP contribution >= 0.6 is 0 Å². The zero-order chi connectivity index (χ0) is 17.1. The van der Waals surface area contributed by atoms with E-state index >= 15 is 0 Å². The molecule has 0 radical (unpaired) electrons. The molecule has 1 amide bonds. The molecule has 0 spiro atoms. The first kappa shape index (κ1) is 15.7. The summed E-state index contributed by atoms with van der Waals surface area (Å²) in [6.45, 7) is 0. The van der Waals surface area contributed by atoms with Crippen molar-refractivity contribution < 1.29 is 14.3 Å². The highest BCUT2D eigenvalue weighted by Crippen LogP contribution is 2.18. The van der Waals surface area contributed by atoms with Crippen molar-refractivity contribution in [1.29, 1.82) is 0 Å². The molecule has 1 aromatic heterocycles. The fourth-order valence-electron chi connectivity index (χ4n) is 2.56. The SMILES string of the molecule is COC(=O)[C@H](NC(=O)c1ccc2ccccc2c1)c1cncn1C. The molecular weight excluding hydrogens is 306 g/mol. The van der Waals surface area contributed by atoms with Crippen molar-refractivity contribution in [3.8, 4) is 0 Å². The Labute approximate surface area is 139 Å². The molecule has 0 saturated heterocycles. The van der Waals surface area contributed by atoms with Crippen molar-refractivity contribution in [2.75, 3.05) is 7.11 Å². The van der Waals surface area contributed by atoms with Crippen LogP contribution in [0.4, 0.5) is 0 Å². The van der Waals surface area contributed by atoms with Gasteiger partial charge in [-0.05, 0) is 22.9 Å². The van der Waals surface area contributed by atoms with Gasteiger partial charge in [0.05, 0.1) is 25.3 Å². The molecule has 0 aliphatic carbocycles. The predicted molar refractivity (Wildman–Crippen MR) is 89.4 cm³/mol. The van der Waals surface area contributed by atoms with Gasteiger partial charge >= 0.3 is 5.97 Å². The van der Waals surface area contributed by atoms with Crippen molar-refractivity contribution in [3.63, 3.8) is 0 Å². The number of imidazole rings is 1. The Morgan fingerprint density at radius 3 is 2.58 bits per heavy atom. The number of fused-ring (bicyclic) bond motifs is 1. The van der Waals surface area contributed by atoms with Gasteiger partial charge < -0.3 is 14.6 Å². The number of hydrogen-bond donors (Lipinski definition) is 1. The highest BCUT2D eigenvalue weighted by atomic mass is 16.5. The summed E-state index contributed by atoms with van der Waals surface area (Å²) in [6.07, 6.45) is 3.09. The van der Waals surface area contributed by atoms with Crippen LogP contribution in [0.1, 0.15) is 22.1 Å². The molecule has 6 nitrogen and oxygen atoms in total. The summed E-state index contributed by atoms with van der Waals surface area (Å²) in [5.41, 5.74) is 1.03. The summed E-state index contributed by atoms with van der Waals surface area (Å²) in [4.78, 5) is 28.6. The number of carbonyl (C=O) groups is 2. The fraction of sp³-hybridized carbons (Fsp3) is 0.167. The van der Waals surface area contributed by atoms with E-state index in [0.29, 0.717) is 11.3 Å². The molecule has 0 fully saturated rings. The number of methoxy groups -OCH3 is 1. The van der Waals surface area contributed by atoms with E-state index in [2.05, 4.69) is 10.3 Å². The summed E-state index contributed by atoms with van der Waals surface area (Å²) in [5.74, 6) is -0.898. The number of nitrogens with zero attached hydrogens (tertiary/aromatic N) is 2. The Morgan fingerprint density at radius 1 is 1.17 bits per heavy atom. The van der Waals surface area contributed by atoms with Gasteiger partial charge in [0.15, 0.2) is 6.04 Å². The number of esters is 1. The van der Waals surface area contributed by atoms with Crippen LogP contribution in [0.25, 0.3) is 10.8 Å². The third kappa shape index (κ3) is 2.99. The summed E-state index contributed by atoms with van der Waals surface area (Å²) < 4.78 is 6.47. The molecule has 2 aromatic carbocycles. The maximum Gasteiger partial charge on any atom is 0.334 e. The van der Waals surface area contributed by atoms with Gasteiger partial charge in [0, 0.05) is 12.6 Å². The van der Waals surface area contributed by atoms with E-state index in [4.69, 9.17) is 4.74 Å². The lowest BCUT2D eigenvalue weighted by molar-refractivity contribution is -0.143. The standard InChI is InChI=1S/C18H17N3O3/c1-21-11-19-10-15(21)16(18(23)24-2)20-17(22)14-8-7-12-5-3-4-6-13(12)9-14/h3-11,16H,1-2H3,(H,20,22)/t16-/m1/s1. The van der Waals surface area contributed by atoms with Gasteiger partial charge in [0.1, 0.15) is 0 Å². The van der Waals surface area contributed by atoms with E-state index in [9.17, 15) is 9.59 Å². The largest absolute Gasteiger partial charge is 0.467 e. The number of aromatic nitrogens is 2. The second kappa shape index (κ2) is 6.54. The van der Waals surface area contributed by atoms with Crippen LogP contribution in [0.3, 0.4) is 0 Å². The minimum atomic E-state index is -0.915. The Bertz CT molecular complexity index is 901. The van der Waals surface area contributed by atoms with E-state index in [-0.39, 0.29) is 5.91 Å². The quantitative estimate of drug-likeness (QED) is 0.747.